The van der Waals surface area contributed by atoms with E-state index in [2.05, 4.69) is 25.1 Å². The van der Waals surface area contributed by atoms with Crippen molar-refractivity contribution in [2.24, 2.45) is 5.41 Å². The van der Waals surface area contributed by atoms with Gasteiger partial charge in [-0.25, -0.2) is 0 Å². The number of ketones is 1. The molecule has 0 aromatic heterocycles. The normalized spacial score (nSPS) is 10.5. The second-order valence-corrected chi connectivity index (χ2v) is 5.27. The number of rotatable bonds is 10. The summed E-state index contributed by atoms with van der Waals surface area (Å²) in [5, 5.41) is 2.73. The number of Topliss-reactive ketones (excluding diaryl/α,β-unsaturated/α-hetero) is 1. The quantitative estimate of drug-likeness (QED) is 0.517. The predicted molar refractivity (Wildman–Crippen MR) is 91.6 cm³/mol. The maximum absolute atomic E-state index is 12.6. The van der Waals surface area contributed by atoms with Crippen molar-refractivity contribution in [3.8, 4) is 0 Å². The Bertz CT molecular complexity index is 519. The van der Waals surface area contributed by atoms with E-state index in [1.54, 1.807) is 30.4 Å². The van der Waals surface area contributed by atoms with Crippen molar-refractivity contribution < 1.29 is 9.59 Å². The van der Waals surface area contributed by atoms with Gasteiger partial charge in [-0.1, -0.05) is 36.4 Å². The summed E-state index contributed by atoms with van der Waals surface area (Å²) < 4.78 is 0. The van der Waals surface area contributed by atoms with Crippen LogP contribution in [0.1, 0.15) is 25.7 Å². The van der Waals surface area contributed by atoms with Gasteiger partial charge in [-0.3, -0.25) is 9.59 Å². The Balaban J connectivity index is 2.80. The summed E-state index contributed by atoms with van der Waals surface area (Å²) in [6.07, 6.45) is 6.47. The van der Waals surface area contributed by atoms with Gasteiger partial charge in [0.25, 0.3) is 0 Å². The summed E-state index contributed by atoms with van der Waals surface area (Å²) >= 11 is 0. The third-order valence-corrected chi connectivity index (χ3v) is 3.58. The molecule has 0 saturated carbocycles. The first kappa shape index (κ1) is 17.6. The number of para-hydroxylation sites is 1. The van der Waals surface area contributed by atoms with Crippen LogP contribution >= 0.6 is 0 Å². The zero-order valence-electron chi connectivity index (χ0n) is 12.9. The van der Waals surface area contributed by atoms with Gasteiger partial charge in [-0.15, -0.1) is 19.7 Å². The fourth-order valence-corrected chi connectivity index (χ4v) is 2.48. The predicted octanol–water partition coefficient (Wildman–Crippen LogP) is 4.30. The third-order valence-electron chi connectivity index (χ3n) is 3.58. The highest BCUT2D eigenvalue weighted by Crippen LogP contribution is 2.34. The number of benzene rings is 1. The summed E-state index contributed by atoms with van der Waals surface area (Å²) in [5.74, 6) is -0.418. The van der Waals surface area contributed by atoms with E-state index in [0.717, 1.165) is 0 Å². The Morgan fingerprint density at radius 3 is 1.91 bits per heavy atom. The van der Waals surface area contributed by atoms with E-state index in [4.69, 9.17) is 0 Å². The van der Waals surface area contributed by atoms with Crippen LogP contribution in [0.5, 0.6) is 0 Å². The number of amides is 1. The Morgan fingerprint density at radius 2 is 1.45 bits per heavy atom. The average molecular weight is 297 g/mol. The number of nitrogens with one attached hydrogen (secondary N) is 1. The molecule has 0 heterocycles. The monoisotopic (exact) mass is 297 g/mol. The van der Waals surface area contributed by atoms with Gasteiger partial charge in [0.1, 0.15) is 5.78 Å². The SMILES string of the molecule is C=CCC(CC=C)(CC=C)C(=O)CC(=O)Nc1ccccc1. The van der Waals surface area contributed by atoms with Gasteiger partial charge < -0.3 is 5.32 Å². The molecule has 3 nitrogen and oxygen atoms in total. The van der Waals surface area contributed by atoms with Crippen molar-refractivity contribution in [1.82, 2.24) is 0 Å². The minimum Gasteiger partial charge on any atom is -0.326 e. The third kappa shape index (κ3) is 4.85. The summed E-state index contributed by atoms with van der Waals surface area (Å²) in [6, 6.07) is 9.09. The van der Waals surface area contributed by atoms with Crippen molar-refractivity contribution in [3.63, 3.8) is 0 Å². The number of hydrogen-bond donors (Lipinski definition) is 1. The highest BCUT2D eigenvalue weighted by atomic mass is 16.2. The Labute approximate surface area is 132 Å². The summed E-state index contributed by atoms with van der Waals surface area (Å²) in [6.45, 7) is 11.2. The van der Waals surface area contributed by atoms with Crippen LogP contribution in [-0.2, 0) is 9.59 Å². The van der Waals surface area contributed by atoms with Crippen molar-refractivity contribution >= 4 is 17.4 Å². The van der Waals surface area contributed by atoms with Crippen molar-refractivity contribution in [2.45, 2.75) is 25.7 Å². The Hall–Kier alpha value is -2.42. The lowest BCUT2D eigenvalue weighted by atomic mass is 9.73. The molecular formula is C19H23NO2. The number of anilines is 1. The van der Waals surface area contributed by atoms with E-state index in [-0.39, 0.29) is 18.1 Å². The van der Waals surface area contributed by atoms with E-state index in [9.17, 15) is 9.59 Å². The first-order valence-electron chi connectivity index (χ1n) is 7.29. The average Bonchev–Trinajstić information content (AvgIpc) is 2.48. The molecule has 3 heteroatoms. The van der Waals surface area contributed by atoms with Crippen LogP contribution in [0.4, 0.5) is 5.69 Å². The van der Waals surface area contributed by atoms with E-state index in [0.29, 0.717) is 24.9 Å². The van der Waals surface area contributed by atoms with Gasteiger partial charge in [0.15, 0.2) is 0 Å². The first-order chi connectivity index (χ1) is 10.6. The van der Waals surface area contributed by atoms with E-state index < -0.39 is 5.41 Å². The van der Waals surface area contributed by atoms with E-state index >= 15 is 0 Å². The molecule has 0 spiro atoms. The molecule has 1 amide bonds. The number of hydrogen-bond acceptors (Lipinski definition) is 2. The van der Waals surface area contributed by atoms with Crippen LogP contribution in [0.2, 0.25) is 0 Å². The van der Waals surface area contributed by atoms with Gasteiger partial charge in [-0.05, 0) is 31.4 Å². The van der Waals surface area contributed by atoms with Crippen LogP contribution in [-0.4, -0.2) is 11.7 Å². The molecule has 0 bridgehead atoms. The van der Waals surface area contributed by atoms with Gasteiger partial charge in [0.05, 0.1) is 6.42 Å². The molecule has 0 aliphatic carbocycles. The van der Waals surface area contributed by atoms with Gasteiger partial charge in [0.2, 0.25) is 5.91 Å². The van der Waals surface area contributed by atoms with Gasteiger partial charge >= 0.3 is 0 Å². The number of carbonyl (C=O) groups excluding carboxylic acids is 2. The van der Waals surface area contributed by atoms with Crippen molar-refractivity contribution in [1.29, 1.82) is 0 Å². The first-order valence-corrected chi connectivity index (χ1v) is 7.29. The molecule has 0 atom stereocenters. The lowest BCUT2D eigenvalue weighted by Gasteiger charge is -2.29. The molecule has 22 heavy (non-hydrogen) atoms. The lowest BCUT2D eigenvalue weighted by Crippen LogP contribution is -2.33. The lowest BCUT2D eigenvalue weighted by molar-refractivity contribution is -0.132. The molecular weight excluding hydrogens is 274 g/mol. The molecule has 1 N–H and O–H groups in total. The smallest absolute Gasteiger partial charge is 0.231 e. The van der Waals surface area contributed by atoms with Crippen LogP contribution in [0.25, 0.3) is 0 Å². The van der Waals surface area contributed by atoms with Crippen molar-refractivity contribution in [3.05, 3.63) is 68.3 Å². The van der Waals surface area contributed by atoms with Crippen LogP contribution in [0, 0.1) is 5.41 Å². The van der Waals surface area contributed by atoms with Gasteiger partial charge in [-0.2, -0.15) is 0 Å². The van der Waals surface area contributed by atoms with Crippen LogP contribution in [0.3, 0.4) is 0 Å². The Morgan fingerprint density at radius 1 is 0.955 bits per heavy atom. The number of carbonyl (C=O) groups is 2. The highest BCUT2D eigenvalue weighted by molar-refractivity contribution is 6.06. The minimum atomic E-state index is -0.667. The zero-order chi connectivity index (χ0) is 16.4. The second-order valence-electron chi connectivity index (χ2n) is 5.27. The molecule has 0 radical (unpaired) electrons. The van der Waals surface area contributed by atoms with Crippen LogP contribution in [0.15, 0.2) is 68.3 Å². The molecule has 116 valence electrons. The molecule has 0 unspecified atom stereocenters. The molecule has 0 aliphatic rings. The number of allylic oxidation sites excluding steroid dienone is 3. The molecule has 0 saturated heterocycles. The molecule has 1 aromatic rings. The molecule has 1 rings (SSSR count). The zero-order valence-corrected chi connectivity index (χ0v) is 12.9. The largest absolute Gasteiger partial charge is 0.326 e. The Kier molecular flexibility index (Phi) is 7.03. The van der Waals surface area contributed by atoms with Crippen molar-refractivity contribution in [2.75, 3.05) is 5.32 Å². The minimum absolute atomic E-state index is 0.111. The maximum atomic E-state index is 12.6. The molecule has 1 aromatic carbocycles. The molecule has 0 aliphatic heterocycles. The second kappa shape index (κ2) is 8.78. The fourth-order valence-electron chi connectivity index (χ4n) is 2.48. The fraction of sp³-hybridized carbons (Fsp3) is 0.263. The van der Waals surface area contributed by atoms with Crippen LogP contribution < -0.4 is 5.32 Å². The van der Waals surface area contributed by atoms with Gasteiger partial charge in [0, 0.05) is 11.1 Å². The standard InChI is InChI=1S/C19H23NO2/c1-4-12-19(13-5-2,14-6-3)17(21)15-18(22)20-16-10-8-7-9-11-16/h4-11H,1-3,12-15H2,(H,20,22). The van der Waals surface area contributed by atoms with E-state index in [1.165, 1.54) is 0 Å². The maximum Gasteiger partial charge on any atom is 0.231 e. The summed E-state index contributed by atoms with van der Waals surface area (Å²) in [5.41, 5.74) is 0.0151. The summed E-state index contributed by atoms with van der Waals surface area (Å²) in [4.78, 5) is 24.7. The topological polar surface area (TPSA) is 46.2 Å². The molecule has 0 fully saturated rings. The van der Waals surface area contributed by atoms with E-state index in [1.807, 2.05) is 18.2 Å². The summed E-state index contributed by atoms with van der Waals surface area (Å²) in [7, 11) is 0. The highest BCUT2D eigenvalue weighted by Gasteiger charge is 2.35.